The van der Waals surface area contributed by atoms with Gasteiger partial charge in [-0.15, -0.1) is 0 Å². The number of amides is 1. The lowest BCUT2D eigenvalue weighted by Crippen LogP contribution is -2.28. The van der Waals surface area contributed by atoms with Gasteiger partial charge < -0.3 is 14.7 Å². The van der Waals surface area contributed by atoms with Crippen molar-refractivity contribution in [2.24, 2.45) is 0 Å². The highest BCUT2D eigenvalue weighted by Crippen LogP contribution is 2.09. The third-order valence-electron chi connectivity index (χ3n) is 1.21. The quantitative estimate of drug-likeness (QED) is 0.536. The van der Waals surface area contributed by atoms with Gasteiger partial charge in [-0.3, -0.25) is 0 Å². The average molecular weight is 131 g/mol. The summed E-state index contributed by atoms with van der Waals surface area (Å²) in [5.74, 6) is 0. The number of hydrogen-bond donors (Lipinski definition) is 1. The zero-order valence-corrected chi connectivity index (χ0v) is 5.20. The minimum atomic E-state index is -0.898. The van der Waals surface area contributed by atoms with Gasteiger partial charge in [-0.1, -0.05) is 0 Å². The van der Waals surface area contributed by atoms with Crippen LogP contribution in [0.4, 0.5) is 4.79 Å². The molecule has 0 spiro atoms. The van der Waals surface area contributed by atoms with Gasteiger partial charge in [0.2, 0.25) is 0 Å². The Bertz CT molecular complexity index is 121. The SMILES string of the molecule is CN(C[C@H]1CO1)C(=O)O. The van der Waals surface area contributed by atoms with Crippen molar-refractivity contribution in [3.05, 3.63) is 0 Å². The largest absolute Gasteiger partial charge is 0.465 e. The standard InChI is InChI=1S/C5H9NO3/c1-6(5(7)8)2-4-3-9-4/h4H,2-3H2,1H3,(H,7,8)/t4-/m0/s1. The molecule has 1 saturated heterocycles. The fourth-order valence-electron chi connectivity index (χ4n) is 0.557. The summed E-state index contributed by atoms with van der Waals surface area (Å²) in [6, 6.07) is 0. The Balaban J connectivity index is 2.16. The second-order valence-electron chi connectivity index (χ2n) is 2.12. The maximum Gasteiger partial charge on any atom is 0.407 e. The Kier molecular flexibility index (Phi) is 1.57. The topological polar surface area (TPSA) is 53.1 Å². The van der Waals surface area contributed by atoms with Crippen LogP contribution in [0.5, 0.6) is 0 Å². The van der Waals surface area contributed by atoms with E-state index >= 15 is 0 Å². The molecule has 1 heterocycles. The predicted octanol–water partition coefficient (Wildman–Crippen LogP) is -0.00500. The molecule has 0 aromatic heterocycles. The maximum absolute atomic E-state index is 10.1. The van der Waals surface area contributed by atoms with E-state index in [0.29, 0.717) is 13.2 Å². The average Bonchev–Trinajstić information content (AvgIpc) is 2.50. The molecule has 1 rings (SSSR count). The van der Waals surface area contributed by atoms with E-state index in [9.17, 15) is 4.79 Å². The van der Waals surface area contributed by atoms with Crippen LogP contribution in [0.3, 0.4) is 0 Å². The lowest BCUT2D eigenvalue weighted by molar-refractivity contribution is 0.152. The Hall–Kier alpha value is -0.770. The second kappa shape index (κ2) is 2.23. The van der Waals surface area contributed by atoms with Crippen molar-refractivity contribution in [1.82, 2.24) is 4.90 Å². The van der Waals surface area contributed by atoms with Gasteiger partial charge >= 0.3 is 6.09 Å². The predicted molar refractivity (Wildman–Crippen MR) is 30.4 cm³/mol. The van der Waals surface area contributed by atoms with E-state index in [0.717, 1.165) is 0 Å². The summed E-state index contributed by atoms with van der Waals surface area (Å²) >= 11 is 0. The highest BCUT2D eigenvalue weighted by atomic mass is 16.6. The van der Waals surface area contributed by atoms with E-state index in [4.69, 9.17) is 9.84 Å². The van der Waals surface area contributed by atoms with E-state index < -0.39 is 6.09 Å². The molecule has 0 saturated carbocycles. The van der Waals surface area contributed by atoms with Gasteiger partial charge in [0, 0.05) is 7.05 Å². The zero-order chi connectivity index (χ0) is 6.85. The summed E-state index contributed by atoms with van der Waals surface area (Å²) in [6.07, 6.45) is -0.739. The lowest BCUT2D eigenvalue weighted by atomic mass is 10.4. The molecule has 0 bridgehead atoms. The second-order valence-corrected chi connectivity index (χ2v) is 2.12. The van der Waals surface area contributed by atoms with Crippen LogP contribution in [-0.4, -0.2) is 42.4 Å². The van der Waals surface area contributed by atoms with Crippen LogP contribution in [0.1, 0.15) is 0 Å². The molecule has 1 amide bonds. The molecule has 1 N–H and O–H groups in total. The molecular formula is C5H9NO3. The molecule has 1 atom stereocenters. The van der Waals surface area contributed by atoms with E-state index in [1.807, 2.05) is 0 Å². The Morgan fingerprint density at radius 3 is 2.89 bits per heavy atom. The Morgan fingerprint density at radius 1 is 2.00 bits per heavy atom. The van der Waals surface area contributed by atoms with Gasteiger partial charge in [-0.25, -0.2) is 4.79 Å². The molecule has 0 radical (unpaired) electrons. The van der Waals surface area contributed by atoms with Gasteiger partial charge in [0.15, 0.2) is 0 Å². The summed E-state index contributed by atoms with van der Waals surface area (Å²) in [5, 5.41) is 8.33. The molecule has 0 unspecified atom stereocenters. The summed E-state index contributed by atoms with van der Waals surface area (Å²) < 4.78 is 4.82. The van der Waals surface area contributed by atoms with Crippen LogP contribution in [0, 0.1) is 0 Å². The van der Waals surface area contributed by atoms with Gasteiger partial charge in [0.05, 0.1) is 19.3 Å². The first-order chi connectivity index (χ1) is 4.20. The number of likely N-dealkylation sites (N-methyl/N-ethyl adjacent to an activating group) is 1. The molecule has 4 nitrogen and oxygen atoms in total. The van der Waals surface area contributed by atoms with Crippen molar-refractivity contribution < 1.29 is 14.6 Å². The zero-order valence-electron chi connectivity index (χ0n) is 5.20. The minimum Gasteiger partial charge on any atom is -0.465 e. The molecular weight excluding hydrogens is 122 g/mol. The van der Waals surface area contributed by atoms with E-state index in [1.54, 1.807) is 0 Å². The fraction of sp³-hybridized carbons (Fsp3) is 0.800. The highest BCUT2D eigenvalue weighted by Gasteiger charge is 2.25. The summed E-state index contributed by atoms with van der Waals surface area (Å²) in [4.78, 5) is 11.4. The maximum atomic E-state index is 10.1. The molecule has 0 aromatic carbocycles. The van der Waals surface area contributed by atoms with Crippen molar-refractivity contribution in [3.8, 4) is 0 Å². The number of carbonyl (C=O) groups is 1. The number of carboxylic acid groups (broad SMARTS) is 1. The van der Waals surface area contributed by atoms with Crippen molar-refractivity contribution in [2.45, 2.75) is 6.10 Å². The minimum absolute atomic E-state index is 0.158. The van der Waals surface area contributed by atoms with Crippen LogP contribution in [0.25, 0.3) is 0 Å². The molecule has 1 fully saturated rings. The normalized spacial score (nSPS) is 23.4. The van der Waals surface area contributed by atoms with E-state index in [1.165, 1.54) is 11.9 Å². The highest BCUT2D eigenvalue weighted by molar-refractivity contribution is 5.64. The van der Waals surface area contributed by atoms with Crippen molar-refractivity contribution in [1.29, 1.82) is 0 Å². The fourth-order valence-corrected chi connectivity index (χ4v) is 0.557. The number of nitrogens with zero attached hydrogens (tertiary/aromatic N) is 1. The Labute approximate surface area is 53.0 Å². The first-order valence-corrected chi connectivity index (χ1v) is 2.76. The van der Waals surface area contributed by atoms with Gasteiger partial charge in [0.25, 0.3) is 0 Å². The smallest absolute Gasteiger partial charge is 0.407 e. The molecule has 1 aliphatic heterocycles. The first kappa shape index (κ1) is 6.35. The van der Waals surface area contributed by atoms with E-state index in [-0.39, 0.29) is 6.10 Å². The number of epoxide rings is 1. The van der Waals surface area contributed by atoms with Crippen molar-refractivity contribution in [3.63, 3.8) is 0 Å². The van der Waals surface area contributed by atoms with Gasteiger partial charge in [-0.05, 0) is 0 Å². The van der Waals surface area contributed by atoms with Crippen LogP contribution in [0.15, 0.2) is 0 Å². The molecule has 52 valence electrons. The molecule has 9 heavy (non-hydrogen) atoms. The third kappa shape index (κ3) is 1.89. The molecule has 4 heteroatoms. The number of rotatable bonds is 2. The van der Waals surface area contributed by atoms with Gasteiger partial charge in [-0.2, -0.15) is 0 Å². The van der Waals surface area contributed by atoms with E-state index in [2.05, 4.69) is 0 Å². The number of hydrogen-bond acceptors (Lipinski definition) is 2. The van der Waals surface area contributed by atoms with Crippen LogP contribution < -0.4 is 0 Å². The van der Waals surface area contributed by atoms with Crippen molar-refractivity contribution >= 4 is 6.09 Å². The third-order valence-corrected chi connectivity index (χ3v) is 1.21. The molecule has 0 aliphatic carbocycles. The first-order valence-electron chi connectivity index (χ1n) is 2.76. The molecule has 1 aliphatic rings. The summed E-state index contributed by atoms with van der Waals surface area (Å²) in [6.45, 7) is 1.20. The monoisotopic (exact) mass is 131 g/mol. The Morgan fingerprint density at radius 2 is 2.56 bits per heavy atom. The van der Waals surface area contributed by atoms with Crippen LogP contribution in [-0.2, 0) is 4.74 Å². The summed E-state index contributed by atoms with van der Waals surface area (Å²) in [7, 11) is 1.53. The summed E-state index contributed by atoms with van der Waals surface area (Å²) in [5.41, 5.74) is 0. The molecule has 0 aromatic rings. The van der Waals surface area contributed by atoms with Crippen molar-refractivity contribution in [2.75, 3.05) is 20.2 Å². The number of ether oxygens (including phenoxy) is 1. The lowest BCUT2D eigenvalue weighted by Gasteiger charge is -2.09. The van der Waals surface area contributed by atoms with Crippen LogP contribution >= 0.6 is 0 Å². The van der Waals surface area contributed by atoms with Gasteiger partial charge in [0.1, 0.15) is 0 Å². The van der Waals surface area contributed by atoms with Crippen LogP contribution in [0.2, 0.25) is 0 Å².